The molecule has 2 N–H and O–H groups in total. The van der Waals surface area contributed by atoms with E-state index in [0.29, 0.717) is 16.8 Å². The van der Waals surface area contributed by atoms with Crippen molar-refractivity contribution in [2.24, 2.45) is 0 Å². The van der Waals surface area contributed by atoms with Crippen LogP contribution in [0.25, 0.3) is 11.6 Å². The molecule has 3 rings (SSSR count). The van der Waals surface area contributed by atoms with Gasteiger partial charge in [-0.25, -0.2) is 0 Å². The van der Waals surface area contributed by atoms with Crippen molar-refractivity contribution in [1.29, 1.82) is 0 Å². The smallest absolute Gasteiger partial charge is 0.288 e. The molecule has 1 amide bonds. The van der Waals surface area contributed by atoms with Crippen LogP contribution in [-0.4, -0.2) is 15.9 Å². The highest BCUT2D eigenvalue weighted by Gasteiger charge is 2.28. The quantitative estimate of drug-likeness (QED) is 0.504. The Kier molecular flexibility index (Phi) is 3.30. The lowest BCUT2D eigenvalue weighted by atomic mass is 10.0. The Balaban J connectivity index is 2.15. The first-order valence-corrected chi connectivity index (χ1v) is 6.64. The molecule has 7 heteroatoms. The van der Waals surface area contributed by atoms with Crippen LogP contribution in [0.3, 0.4) is 0 Å². The van der Waals surface area contributed by atoms with Gasteiger partial charge >= 0.3 is 0 Å². The number of anilines is 1. The minimum Gasteiger partial charge on any atom is -0.508 e. The van der Waals surface area contributed by atoms with Crippen LogP contribution in [0.4, 0.5) is 11.4 Å². The number of nitrogens with zero attached hydrogens (tertiary/aromatic N) is 1. The molecule has 0 spiro atoms. The number of phenolic OH excluding ortho intramolecular Hbond substituents is 1. The van der Waals surface area contributed by atoms with E-state index in [9.17, 15) is 20.0 Å². The molecule has 0 unspecified atom stereocenters. The zero-order valence-electron chi connectivity index (χ0n) is 11.0. The van der Waals surface area contributed by atoms with Crippen molar-refractivity contribution < 1.29 is 14.8 Å². The van der Waals surface area contributed by atoms with Crippen LogP contribution in [0.2, 0.25) is 5.02 Å². The number of carbonyl (C=O) groups excluding carboxylic acids is 1. The van der Waals surface area contributed by atoms with Gasteiger partial charge in [0.1, 0.15) is 10.8 Å². The Morgan fingerprint density at radius 3 is 2.73 bits per heavy atom. The molecule has 6 nitrogen and oxygen atoms in total. The molecule has 22 heavy (non-hydrogen) atoms. The SMILES string of the molecule is O=C1Nc2cc(Cl)c([N+](=O)[O-])cc2/C1=C\c1cccc(O)c1. The molecule has 1 aliphatic heterocycles. The monoisotopic (exact) mass is 316 g/mol. The number of rotatable bonds is 2. The second-order valence-corrected chi connectivity index (χ2v) is 5.12. The van der Waals surface area contributed by atoms with Crippen LogP contribution in [0.15, 0.2) is 36.4 Å². The molecule has 0 fully saturated rings. The molecule has 110 valence electrons. The summed E-state index contributed by atoms with van der Waals surface area (Å²) in [5, 5.41) is 23.0. The highest BCUT2D eigenvalue weighted by Crippen LogP contribution is 2.39. The van der Waals surface area contributed by atoms with Crippen LogP contribution >= 0.6 is 11.6 Å². The third kappa shape index (κ3) is 2.40. The van der Waals surface area contributed by atoms with Crippen LogP contribution in [0.5, 0.6) is 5.75 Å². The average Bonchev–Trinajstić information content (AvgIpc) is 2.73. The molecule has 0 aliphatic carbocycles. The van der Waals surface area contributed by atoms with Crippen LogP contribution < -0.4 is 5.32 Å². The maximum absolute atomic E-state index is 12.1. The highest BCUT2D eigenvalue weighted by molar-refractivity contribution is 6.37. The number of hydrogen-bond acceptors (Lipinski definition) is 4. The van der Waals surface area contributed by atoms with E-state index in [1.54, 1.807) is 18.2 Å². The van der Waals surface area contributed by atoms with Gasteiger partial charge in [0.05, 0.1) is 10.6 Å². The summed E-state index contributed by atoms with van der Waals surface area (Å²) < 4.78 is 0. The van der Waals surface area contributed by atoms with Crippen LogP contribution in [-0.2, 0) is 4.79 Å². The van der Waals surface area contributed by atoms with Gasteiger partial charge in [-0.2, -0.15) is 0 Å². The van der Waals surface area contributed by atoms with Crippen molar-refractivity contribution in [1.82, 2.24) is 0 Å². The van der Waals surface area contributed by atoms with E-state index in [2.05, 4.69) is 5.32 Å². The van der Waals surface area contributed by atoms with Gasteiger partial charge in [-0.1, -0.05) is 23.7 Å². The normalized spacial score (nSPS) is 14.8. The lowest BCUT2D eigenvalue weighted by Crippen LogP contribution is -2.03. The van der Waals surface area contributed by atoms with Gasteiger partial charge in [0.15, 0.2) is 0 Å². The molecule has 0 saturated carbocycles. The lowest BCUT2D eigenvalue weighted by molar-refractivity contribution is -0.384. The molecule has 0 aromatic heterocycles. The number of benzene rings is 2. The van der Waals surface area contributed by atoms with Gasteiger partial charge in [0.25, 0.3) is 11.6 Å². The molecular formula is C15H9ClN2O4. The maximum atomic E-state index is 12.1. The van der Waals surface area contributed by atoms with E-state index < -0.39 is 4.92 Å². The summed E-state index contributed by atoms with van der Waals surface area (Å²) in [6.45, 7) is 0. The van der Waals surface area contributed by atoms with Gasteiger partial charge in [-0.15, -0.1) is 0 Å². The van der Waals surface area contributed by atoms with Crippen molar-refractivity contribution in [3.05, 3.63) is 62.7 Å². The number of halogens is 1. The van der Waals surface area contributed by atoms with E-state index in [1.807, 2.05) is 0 Å². The Hall–Kier alpha value is -2.86. The minimum atomic E-state index is -0.600. The lowest BCUT2D eigenvalue weighted by Gasteiger charge is -2.01. The van der Waals surface area contributed by atoms with Gasteiger partial charge in [0.2, 0.25) is 0 Å². The second-order valence-electron chi connectivity index (χ2n) is 4.71. The number of nitrogens with one attached hydrogen (secondary N) is 1. The molecule has 2 aromatic carbocycles. The molecular weight excluding hydrogens is 308 g/mol. The van der Waals surface area contributed by atoms with E-state index in [4.69, 9.17) is 11.6 Å². The summed E-state index contributed by atoms with van der Waals surface area (Å²) >= 11 is 5.83. The molecule has 0 atom stereocenters. The third-order valence-corrected chi connectivity index (χ3v) is 3.55. The molecule has 0 radical (unpaired) electrons. The number of nitro groups is 1. The van der Waals surface area contributed by atoms with Crippen LogP contribution in [0.1, 0.15) is 11.1 Å². The Labute approximate surface area is 129 Å². The summed E-state index contributed by atoms with van der Waals surface area (Å²) in [5.41, 5.74) is 1.45. The number of hydrogen-bond donors (Lipinski definition) is 2. The minimum absolute atomic E-state index is 0.0392. The van der Waals surface area contributed by atoms with E-state index in [0.717, 1.165) is 0 Å². The van der Waals surface area contributed by atoms with Crippen molar-refractivity contribution in [2.75, 3.05) is 5.32 Å². The molecule has 0 saturated heterocycles. The summed E-state index contributed by atoms with van der Waals surface area (Å²) in [7, 11) is 0. The fraction of sp³-hybridized carbons (Fsp3) is 0. The van der Waals surface area contributed by atoms with Gasteiger partial charge in [-0.3, -0.25) is 14.9 Å². The number of aromatic hydroxyl groups is 1. The van der Waals surface area contributed by atoms with Crippen LogP contribution in [0, 0.1) is 10.1 Å². The second kappa shape index (κ2) is 5.16. The molecule has 1 heterocycles. The van der Waals surface area contributed by atoms with E-state index in [1.165, 1.54) is 24.3 Å². The first kappa shape index (κ1) is 14.1. The largest absolute Gasteiger partial charge is 0.508 e. The van der Waals surface area contributed by atoms with E-state index in [-0.39, 0.29) is 27.9 Å². The molecule has 0 bridgehead atoms. The Bertz CT molecular complexity index is 845. The summed E-state index contributed by atoms with van der Waals surface area (Å²) in [6, 6.07) is 8.97. The number of phenols is 1. The number of fused-ring (bicyclic) bond motifs is 1. The van der Waals surface area contributed by atoms with Crippen molar-refractivity contribution in [3.8, 4) is 5.75 Å². The standard InChI is InChI=1S/C15H9ClN2O4/c16-12-7-13-10(6-14(12)18(21)22)11(15(20)17-13)5-8-2-1-3-9(19)4-8/h1-7,19H,(H,17,20)/b11-5+. The molecule has 1 aliphatic rings. The topological polar surface area (TPSA) is 92.5 Å². The fourth-order valence-electron chi connectivity index (χ4n) is 2.26. The summed E-state index contributed by atoms with van der Waals surface area (Å²) in [6.07, 6.45) is 1.55. The van der Waals surface area contributed by atoms with Crippen molar-refractivity contribution >= 4 is 40.5 Å². The molecule has 2 aromatic rings. The zero-order valence-corrected chi connectivity index (χ0v) is 11.8. The average molecular weight is 317 g/mol. The van der Waals surface area contributed by atoms with Gasteiger partial charge in [-0.05, 0) is 29.8 Å². The van der Waals surface area contributed by atoms with Gasteiger partial charge in [0, 0.05) is 17.2 Å². The predicted octanol–water partition coefficient (Wildman–Crippen LogP) is 3.45. The third-order valence-electron chi connectivity index (χ3n) is 3.25. The van der Waals surface area contributed by atoms with Crippen molar-refractivity contribution in [2.45, 2.75) is 0 Å². The Morgan fingerprint density at radius 2 is 2.05 bits per heavy atom. The fourth-order valence-corrected chi connectivity index (χ4v) is 2.50. The van der Waals surface area contributed by atoms with E-state index >= 15 is 0 Å². The van der Waals surface area contributed by atoms with Gasteiger partial charge < -0.3 is 10.4 Å². The number of carbonyl (C=O) groups is 1. The number of nitro benzene ring substituents is 1. The first-order valence-electron chi connectivity index (χ1n) is 6.26. The summed E-state index contributed by atoms with van der Waals surface area (Å²) in [4.78, 5) is 22.4. The first-order chi connectivity index (χ1) is 10.5. The Morgan fingerprint density at radius 1 is 1.27 bits per heavy atom. The summed E-state index contributed by atoms with van der Waals surface area (Å²) in [5.74, 6) is -0.315. The maximum Gasteiger partial charge on any atom is 0.288 e. The number of amides is 1. The zero-order chi connectivity index (χ0) is 15.9. The van der Waals surface area contributed by atoms with Crippen molar-refractivity contribution in [3.63, 3.8) is 0 Å². The highest BCUT2D eigenvalue weighted by atomic mass is 35.5. The predicted molar refractivity (Wildman–Crippen MR) is 82.7 cm³/mol.